The van der Waals surface area contributed by atoms with Gasteiger partial charge in [0.1, 0.15) is 0 Å². The Hall–Kier alpha value is -1.26. The molecule has 1 saturated carbocycles. The van der Waals surface area contributed by atoms with E-state index in [1.54, 1.807) is 13.8 Å². The molecule has 1 aliphatic rings. The van der Waals surface area contributed by atoms with Crippen LogP contribution in [0.1, 0.15) is 47.0 Å². The lowest BCUT2D eigenvalue weighted by Gasteiger charge is -2.23. The van der Waals surface area contributed by atoms with Crippen LogP contribution in [0, 0.1) is 17.8 Å². The van der Waals surface area contributed by atoms with E-state index in [4.69, 9.17) is 5.11 Å². The van der Waals surface area contributed by atoms with E-state index in [1.807, 2.05) is 0 Å². The van der Waals surface area contributed by atoms with Crippen LogP contribution in [0.25, 0.3) is 0 Å². The number of hydrogen-bond donors (Lipinski definition) is 3. The number of carboxylic acid groups (broad SMARTS) is 1. The summed E-state index contributed by atoms with van der Waals surface area (Å²) in [6, 6.07) is -0.428. The van der Waals surface area contributed by atoms with Gasteiger partial charge in [0.25, 0.3) is 0 Å². The standard InChI is InChI=1S/C14H26N2O3/c1-5-11-6-7-12(9(11)3)16-14(19)15-10(4)8(2)13(17)18/h8-12H,5-7H2,1-4H3,(H,17,18)(H2,15,16,19). The molecule has 0 aromatic rings. The predicted octanol–water partition coefficient (Wildman–Crippen LogP) is 2.22. The van der Waals surface area contributed by atoms with Gasteiger partial charge < -0.3 is 15.7 Å². The number of carboxylic acids is 1. The molecule has 0 spiro atoms. The Balaban J connectivity index is 2.42. The number of carbonyl (C=O) groups excluding carboxylic acids is 1. The largest absolute Gasteiger partial charge is 0.481 e. The predicted molar refractivity (Wildman–Crippen MR) is 73.9 cm³/mol. The quantitative estimate of drug-likeness (QED) is 0.716. The zero-order chi connectivity index (χ0) is 14.6. The van der Waals surface area contributed by atoms with Gasteiger partial charge >= 0.3 is 12.0 Å². The molecule has 2 amide bonds. The molecule has 1 aliphatic carbocycles. The molecule has 0 saturated heterocycles. The van der Waals surface area contributed by atoms with Gasteiger partial charge in [-0.25, -0.2) is 4.79 Å². The SMILES string of the molecule is CCC1CCC(NC(=O)NC(C)C(C)C(=O)O)C1C. The van der Waals surface area contributed by atoms with Gasteiger partial charge in [0.2, 0.25) is 0 Å². The van der Waals surface area contributed by atoms with E-state index in [2.05, 4.69) is 24.5 Å². The van der Waals surface area contributed by atoms with Gasteiger partial charge in [-0.05, 0) is 38.5 Å². The smallest absolute Gasteiger partial charge is 0.315 e. The molecule has 0 bridgehead atoms. The zero-order valence-corrected chi connectivity index (χ0v) is 12.3. The minimum Gasteiger partial charge on any atom is -0.481 e. The Kier molecular flexibility index (Phi) is 5.63. The molecule has 1 rings (SSSR count). The topological polar surface area (TPSA) is 78.4 Å². The molecule has 0 aromatic heterocycles. The fraction of sp³-hybridized carbons (Fsp3) is 0.857. The molecule has 0 radical (unpaired) electrons. The number of rotatable bonds is 5. The first-order valence-electron chi connectivity index (χ1n) is 7.16. The van der Waals surface area contributed by atoms with Gasteiger partial charge in [-0.15, -0.1) is 0 Å². The molecular formula is C14H26N2O3. The molecule has 0 aliphatic heterocycles. The Bertz CT molecular complexity index is 333. The van der Waals surface area contributed by atoms with E-state index in [9.17, 15) is 9.59 Å². The lowest BCUT2D eigenvalue weighted by molar-refractivity contribution is -0.141. The van der Waals surface area contributed by atoms with E-state index in [0.717, 1.165) is 19.3 Å². The molecule has 5 unspecified atom stereocenters. The van der Waals surface area contributed by atoms with Crippen LogP contribution in [0.4, 0.5) is 4.79 Å². The average molecular weight is 270 g/mol. The summed E-state index contributed by atoms with van der Waals surface area (Å²) in [5.41, 5.74) is 0. The first-order chi connectivity index (χ1) is 8.86. The Labute approximate surface area is 115 Å². The maximum atomic E-state index is 11.9. The normalized spacial score (nSPS) is 29.6. The van der Waals surface area contributed by atoms with Crippen molar-refractivity contribution in [1.82, 2.24) is 10.6 Å². The van der Waals surface area contributed by atoms with Crippen molar-refractivity contribution >= 4 is 12.0 Å². The van der Waals surface area contributed by atoms with Crippen LogP contribution < -0.4 is 10.6 Å². The monoisotopic (exact) mass is 270 g/mol. The lowest BCUT2D eigenvalue weighted by Crippen LogP contribution is -2.49. The number of urea groups is 1. The van der Waals surface area contributed by atoms with E-state index < -0.39 is 11.9 Å². The Morgan fingerprint density at radius 2 is 1.95 bits per heavy atom. The van der Waals surface area contributed by atoms with Crippen molar-refractivity contribution in [2.45, 2.75) is 59.0 Å². The highest BCUT2D eigenvalue weighted by atomic mass is 16.4. The molecule has 0 heterocycles. The molecule has 5 heteroatoms. The summed E-state index contributed by atoms with van der Waals surface area (Å²) in [6.07, 6.45) is 3.31. The van der Waals surface area contributed by atoms with Crippen molar-refractivity contribution in [2.24, 2.45) is 17.8 Å². The summed E-state index contributed by atoms with van der Waals surface area (Å²) in [5.74, 6) is -0.313. The van der Waals surface area contributed by atoms with Crippen LogP contribution in [-0.4, -0.2) is 29.2 Å². The third-order valence-electron chi connectivity index (χ3n) is 4.57. The van der Waals surface area contributed by atoms with E-state index in [-0.39, 0.29) is 18.1 Å². The number of hydrogen-bond acceptors (Lipinski definition) is 2. The van der Waals surface area contributed by atoms with Crippen LogP contribution in [0.15, 0.2) is 0 Å². The number of amides is 2. The summed E-state index contributed by atoms with van der Waals surface area (Å²) in [5, 5.41) is 14.6. The molecule has 3 N–H and O–H groups in total. The van der Waals surface area contributed by atoms with Gasteiger partial charge in [0, 0.05) is 12.1 Å². The summed E-state index contributed by atoms with van der Waals surface area (Å²) in [6.45, 7) is 7.67. The molecule has 1 fully saturated rings. The maximum Gasteiger partial charge on any atom is 0.315 e. The molecule has 5 nitrogen and oxygen atoms in total. The van der Waals surface area contributed by atoms with E-state index in [0.29, 0.717) is 11.8 Å². The zero-order valence-electron chi connectivity index (χ0n) is 12.3. The highest BCUT2D eigenvalue weighted by Gasteiger charge is 2.32. The highest BCUT2D eigenvalue weighted by Crippen LogP contribution is 2.33. The van der Waals surface area contributed by atoms with Crippen molar-refractivity contribution in [1.29, 1.82) is 0 Å². The first kappa shape index (κ1) is 15.8. The van der Waals surface area contributed by atoms with Crippen LogP contribution in [0.3, 0.4) is 0 Å². The second-order valence-electron chi connectivity index (χ2n) is 5.74. The minimum absolute atomic E-state index is 0.206. The average Bonchev–Trinajstić information content (AvgIpc) is 2.69. The molecule has 0 aromatic carbocycles. The third kappa shape index (κ3) is 4.11. The Morgan fingerprint density at radius 1 is 1.32 bits per heavy atom. The summed E-state index contributed by atoms with van der Waals surface area (Å²) < 4.78 is 0. The minimum atomic E-state index is -0.895. The first-order valence-corrected chi connectivity index (χ1v) is 7.16. The molecule has 5 atom stereocenters. The van der Waals surface area contributed by atoms with Crippen molar-refractivity contribution in [3.8, 4) is 0 Å². The number of carbonyl (C=O) groups is 2. The third-order valence-corrected chi connectivity index (χ3v) is 4.57. The summed E-state index contributed by atoms with van der Waals surface area (Å²) >= 11 is 0. The fourth-order valence-corrected chi connectivity index (χ4v) is 2.78. The summed E-state index contributed by atoms with van der Waals surface area (Å²) in [4.78, 5) is 22.7. The van der Waals surface area contributed by atoms with Crippen LogP contribution in [0.2, 0.25) is 0 Å². The van der Waals surface area contributed by atoms with Crippen molar-refractivity contribution < 1.29 is 14.7 Å². The second kappa shape index (κ2) is 6.78. The van der Waals surface area contributed by atoms with E-state index >= 15 is 0 Å². The van der Waals surface area contributed by atoms with Crippen molar-refractivity contribution in [3.63, 3.8) is 0 Å². The van der Waals surface area contributed by atoms with Gasteiger partial charge in [-0.1, -0.05) is 20.3 Å². The van der Waals surface area contributed by atoms with Gasteiger partial charge in [0.05, 0.1) is 5.92 Å². The number of aliphatic carboxylic acids is 1. The van der Waals surface area contributed by atoms with Gasteiger partial charge in [-0.2, -0.15) is 0 Å². The fourth-order valence-electron chi connectivity index (χ4n) is 2.78. The highest BCUT2D eigenvalue weighted by molar-refractivity contribution is 5.76. The van der Waals surface area contributed by atoms with Crippen LogP contribution in [0.5, 0.6) is 0 Å². The summed E-state index contributed by atoms with van der Waals surface area (Å²) in [7, 11) is 0. The lowest BCUT2D eigenvalue weighted by atomic mass is 9.93. The van der Waals surface area contributed by atoms with E-state index in [1.165, 1.54) is 0 Å². The second-order valence-corrected chi connectivity index (χ2v) is 5.74. The van der Waals surface area contributed by atoms with Crippen molar-refractivity contribution in [2.75, 3.05) is 0 Å². The maximum absolute atomic E-state index is 11.9. The molecule has 110 valence electrons. The van der Waals surface area contributed by atoms with Crippen molar-refractivity contribution in [3.05, 3.63) is 0 Å². The van der Waals surface area contributed by atoms with Gasteiger partial charge in [-0.3, -0.25) is 4.79 Å². The van der Waals surface area contributed by atoms with Crippen LogP contribution in [-0.2, 0) is 4.79 Å². The van der Waals surface area contributed by atoms with Gasteiger partial charge in [0.15, 0.2) is 0 Å². The Morgan fingerprint density at radius 3 is 2.42 bits per heavy atom. The van der Waals surface area contributed by atoms with Crippen LogP contribution >= 0.6 is 0 Å². The molecular weight excluding hydrogens is 244 g/mol. The molecule has 19 heavy (non-hydrogen) atoms. The number of nitrogens with one attached hydrogen (secondary N) is 2.